The Hall–Kier alpha value is -2.42. The smallest absolute Gasteiger partial charge is 0.254 e. The number of rotatable bonds is 6. The first kappa shape index (κ1) is 23.2. The first-order valence-corrected chi connectivity index (χ1v) is 11.9. The molecule has 0 radical (unpaired) electrons. The molecular formula is C22H26ClN3O4S. The van der Waals surface area contributed by atoms with E-state index in [1.54, 1.807) is 24.3 Å². The molecule has 0 aromatic heterocycles. The van der Waals surface area contributed by atoms with Gasteiger partial charge in [0.25, 0.3) is 5.91 Å². The van der Waals surface area contributed by atoms with E-state index in [4.69, 9.17) is 11.6 Å². The zero-order chi connectivity index (χ0) is 22.6. The predicted octanol–water partition coefficient (Wildman–Crippen LogP) is 3.47. The van der Waals surface area contributed by atoms with Gasteiger partial charge in [0.1, 0.15) is 0 Å². The first-order valence-electron chi connectivity index (χ1n) is 10.1. The summed E-state index contributed by atoms with van der Waals surface area (Å²) in [6.07, 6.45) is 1.87. The molecule has 31 heavy (non-hydrogen) atoms. The first-order chi connectivity index (χ1) is 14.7. The van der Waals surface area contributed by atoms with Crippen molar-refractivity contribution in [3.63, 3.8) is 0 Å². The van der Waals surface area contributed by atoms with Crippen molar-refractivity contribution in [1.82, 2.24) is 9.21 Å². The molecule has 0 aliphatic carbocycles. The van der Waals surface area contributed by atoms with Gasteiger partial charge in [0.2, 0.25) is 15.9 Å². The van der Waals surface area contributed by atoms with E-state index >= 15 is 0 Å². The van der Waals surface area contributed by atoms with Crippen LogP contribution in [0.3, 0.4) is 0 Å². The maximum atomic E-state index is 12.9. The average Bonchev–Trinajstić information content (AvgIpc) is 2.75. The third-order valence-electron chi connectivity index (χ3n) is 5.23. The Morgan fingerprint density at radius 2 is 1.84 bits per heavy atom. The number of halogens is 1. The van der Waals surface area contributed by atoms with Crippen molar-refractivity contribution in [3.8, 4) is 0 Å². The maximum absolute atomic E-state index is 12.9. The number of hydrogen-bond donors (Lipinski definition) is 1. The van der Waals surface area contributed by atoms with Gasteiger partial charge in [0, 0.05) is 25.7 Å². The van der Waals surface area contributed by atoms with Gasteiger partial charge in [-0.05, 0) is 55.2 Å². The lowest BCUT2D eigenvalue weighted by atomic mass is 10.0. The van der Waals surface area contributed by atoms with Crippen LogP contribution in [0.25, 0.3) is 0 Å². The number of likely N-dealkylation sites (N-methyl/N-ethyl adjacent to an activating group) is 1. The number of para-hydroxylation sites is 1. The summed E-state index contributed by atoms with van der Waals surface area (Å²) in [4.78, 5) is 26.3. The second-order valence-corrected chi connectivity index (χ2v) is 10.2. The Balaban J connectivity index is 1.64. The molecular weight excluding hydrogens is 438 g/mol. The molecule has 9 heteroatoms. The van der Waals surface area contributed by atoms with Crippen LogP contribution in [0.2, 0.25) is 5.02 Å². The van der Waals surface area contributed by atoms with E-state index in [0.717, 1.165) is 12.8 Å². The molecule has 166 valence electrons. The van der Waals surface area contributed by atoms with Crippen LogP contribution in [-0.4, -0.2) is 56.1 Å². The van der Waals surface area contributed by atoms with Crippen LogP contribution >= 0.6 is 11.6 Å². The number of benzene rings is 2. The summed E-state index contributed by atoms with van der Waals surface area (Å²) < 4.78 is 27.2. The van der Waals surface area contributed by atoms with Crippen LogP contribution in [0.1, 0.15) is 30.1 Å². The molecule has 1 N–H and O–H groups in total. The maximum Gasteiger partial charge on any atom is 0.254 e. The minimum absolute atomic E-state index is 0.164. The lowest BCUT2D eigenvalue weighted by molar-refractivity contribution is -0.116. The average molecular weight is 464 g/mol. The molecule has 1 fully saturated rings. The minimum atomic E-state index is -3.58. The third-order valence-corrected chi connectivity index (χ3v) is 7.44. The highest BCUT2D eigenvalue weighted by atomic mass is 35.5. The second kappa shape index (κ2) is 9.80. The van der Waals surface area contributed by atoms with E-state index in [-0.39, 0.29) is 23.3 Å². The predicted molar refractivity (Wildman–Crippen MR) is 121 cm³/mol. The van der Waals surface area contributed by atoms with Crippen molar-refractivity contribution in [1.29, 1.82) is 0 Å². The van der Waals surface area contributed by atoms with Crippen molar-refractivity contribution < 1.29 is 18.0 Å². The van der Waals surface area contributed by atoms with Crippen LogP contribution in [0.5, 0.6) is 0 Å². The molecule has 0 bridgehead atoms. The Bertz CT molecular complexity index is 1060. The Labute approximate surface area is 188 Å². The van der Waals surface area contributed by atoms with Crippen molar-refractivity contribution >= 4 is 39.1 Å². The number of carbonyl (C=O) groups excluding carboxylic acids is 2. The van der Waals surface area contributed by atoms with Crippen LogP contribution in [-0.2, 0) is 14.8 Å². The number of amides is 2. The number of nitrogens with one attached hydrogen (secondary N) is 1. The molecule has 1 heterocycles. The Morgan fingerprint density at radius 3 is 2.48 bits per heavy atom. The van der Waals surface area contributed by atoms with Gasteiger partial charge in [0.15, 0.2) is 0 Å². The van der Waals surface area contributed by atoms with Gasteiger partial charge in [0.05, 0.1) is 22.2 Å². The van der Waals surface area contributed by atoms with Gasteiger partial charge >= 0.3 is 0 Å². The molecule has 3 rings (SSSR count). The summed E-state index contributed by atoms with van der Waals surface area (Å²) in [5.74, 6) is -0.442. The number of piperidine rings is 1. The summed E-state index contributed by atoms with van der Waals surface area (Å²) in [5, 5.41) is 3.07. The van der Waals surface area contributed by atoms with Gasteiger partial charge in [-0.3, -0.25) is 9.59 Å². The molecule has 0 spiro atoms. The zero-order valence-electron chi connectivity index (χ0n) is 17.5. The van der Waals surface area contributed by atoms with Gasteiger partial charge < -0.3 is 10.2 Å². The van der Waals surface area contributed by atoms with E-state index in [2.05, 4.69) is 5.32 Å². The molecule has 1 aliphatic heterocycles. The van der Waals surface area contributed by atoms with Gasteiger partial charge in [-0.2, -0.15) is 4.31 Å². The van der Waals surface area contributed by atoms with Crippen LogP contribution in [0.15, 0.2) is 53.4 Å². The summed E-state index contributed by atoms with van der Waals surface area (Å²) in [7, 11) is -2.08. The highest BCUT2D eigenvalue weighted by molar-refractivity contribution is 7.89. The minimum Gasteiger partial charge on any atom is -0.332 e. The number of anilines is 1. The Kier molecular flexibility index (Phi) is 7.35. The van der Waals surface area contributed by atoms with Crippen LogP contribution < -0.4 is 5.32 Å². The summed E-state index contributed by atoms with van der Waals surface area (Å²) in [5.41, 5.74) is 0.774. The number of nitrogens with zero attached hydrogens (tertiary/aromatic N) is 2. The molecule has 0 unspecified atom stereocenters. The van der Waals surface area contributed by atoms with Gasteiger partial charge in [-0.1, -0.05) is 30.7 Å². The van der Waals surface area contributed by atoms with E-state index in [0.29, 0.717) is 35.3 Å². The molecule has 1 aliphatic rings. The molecule has 7 nitrogen and oxygen atoms in total. The summed E-state index contributed by atoms with van der Waals surface area (Å²) >= 11 is 6.03. The molecule has 1 atom stereocenters. The number of hydrogen-bond acceptors (Lipinski definition) is 4. The SMILES string of the molecule is C[C@H]1CCCN(S(=O)(=O)c2ccc(C(=O)N(C)CC(=O)Nc3ccccc3Cl)cc2)C1. The summed E-state index contributed by atoms with van der Waals surface area (Å²) in [6.45, 7) is 2.89. The van der Waals surface area contributed by atoms with Crippen molar-refractivity contribution in [2.75, 3.05) is 32.0 Å². The third kappa shape index (κ3) is 5.64. The standard InChI is InChI=1S/C22H26ClN3O4S/c1-16-6-5-13-26(14-16)31(29,30)18-11-9-17(10-12-18)22(28)25(2)15-21(27)24-20-8-4-3-7-19(20)23/h3-4,7-12,16H,5-6,13-15H2,1-2H3,(H,24,27)/t16-/m0/s1. The number of sulfonamides is 1. The van der Waals surface area contributed by atoms with Crippen LogP contribution in [0.4, 0.5) is 5.69 Å². The molecule has 2 amide bonds. The van der Waals surface area contributed by atoms with E-state index in [1.165, 1.54) is 40.5 Å². The van der Waals surface area contributed by atoms with Crippen molar-refractivity contribution in [3.05, 3.63) is 59.1 Å². The molecule has 2 aromatic rings. The van der Waals surface area contributed by atoms with E-state index < -0.39 is 10.0 Å². The van der Waals surface area contributed by atoms with E-state index in [1.807, 2.05) is 6.92 Å². The Morgan fingerprint density at radius 1 is 1.16 bits per heavy atom. The molecule has 0 saturated carbocycles. The normalized spacial score (nSPS) is 17.2. The molecule has 1 saturated heterocycles. The van der Waals surface area contributed by atoms with Crippen molar-refractivity contribution in [2.24, 2.45) is 5.92 Å². The fourth-order valence-corrected chi connectivity index (χ4v) is 5.32. The van der Waals surface area contributed by atoms with Crippen LogP contribution in [0, 0.1) is 5.92 Å². The van der Waals surface area contributed by atoms with Crippen molar-refractivity contribution in [2.45, 2.75) is 24.7 Å². The lowest BCUT2D eigenvalue weighted by Gasteiger charge is -2.30. The fourth-order valence-electron chi connectivity index (χ4n) is 3.54. The monoisotopic (exact) mass is 463 g/mol. The second-order valence-electron chi connectivity index (χ2n) is 7.82. The lowest BCUT2D eigenvalue weighted by Crippen LogP contribution is -2.39. The zero-order valence-corrected chi connectivity index (χ0v) is 19.1. The highest BCUT2D eigenvalue weighted by Crippen LogP contribution is 2.24. The largest absolute Gasteiger partial charge is 0.332 e. The highest BCUT2D eigenvalue weighted by Gasteiger charge is 2.28. The molecule has 2 aromatic carbocycles. The quantitative estimate of drug-likeness (QED) is 0.710. The number of carbonyl (C=O) groups is 2. The van der Waals surface area contributed by atoms with Gasteiger partial charge in [-0.25, -0.2) is 8.42 Å². The van der Waals surface area contributed by atoms with E-state index in [9.17, 15) is 18.0 Å². The summed E-state index contributed by atoms with van der Waals surface area (Å²) in [6, 6.07) is 12.7. The van der Waals surface area contributed by atoms with Gasteiger partial charge in [-0.15, -0.1) is 0 Å². The fraction of sp³-hybridized carbons (Fsp3) is 0.364. The topological polar surface area (TPSA) is 86.8 Å².